The number of hydrogen-bond acceptors (Lipinski definition) is 4. The molecule has 0 saturated heterocycles. The fourth-order valence-electron chi connectivity index (χ4n) is 1.48. The molecule has 0 saturated carbocycles. The van der Waals surface area contributed by atoms with Crippen LogP contribution in [-0.4, -0.2) is 27.7 Å². The van der Waals surface area contributed by atoms with Crippen molar-refractivity contribution in [3.8, 4) is 5.88 Å². The number of nitrogens with zero attached hydrogens (tertiary/aromatic N) is 3. The van der Waals surface area contributed by atoms with Gasteiger partial charge in [0.05, 0.1) is 19.0 Å². The van der Waals surface area contributed by atoms with Crippen LogP contribution in [0.1, 0.15) is 12.6 Å². The van der Waals surface area contributed by atoms with Crippen LogP contribution < -0.4 is 10.5 Å². The predicted molar refractivity (Wildman–Crippen MR) is 56.9 cm³/mol. The highest BCUT2D eigenvalue weighted by molar-refractivity contribution is 5.40. The van der Waals surface area contributed by atoms with Gasteiger partial charge in [0, 0.05) is 18.5 Å². The SMILES string of the molecule is COc1ccc2ncc(CC(C)N)n2n1. The fourth-order valence-corrected chi connectivity index (χ4v) is 1.48. The molecule has 0 spiro atoms. The van der Waals surface area contributed by atoms with Gasteiger partial charge in [-0.3, -0.25) is 0 Å². The predicted octanol–water partition coefficient (Wildman–Crippen LogP) is 0.628. The first kappa shape index (κ1) is 9.92. The third kappa shape index (κ3) is 1.92. The quantitative estimate of drug-likeness (QED) is 0.799. The summed E-state index contributed by atoms with van der Waals surface area (Å²) in [5, 5.41) is 4.28. The average Bonchev–Trinajstić information content (AvgIpc) is 2.60. The van der Waals surface area contributed by atoms with Crippen molar-refractivity contribution in [3.05, 3.63) is 24.0 Å². The van der Waals surface area contributed by atoms with Gasteiger partial charge in [-0.15, -0.1) is 5.10 Å². The zero-order chi connectivity index (χ0) is 10.8. The summed E-state index contributed by atoms with van der Waals surface area (Å²) in [6.07, 6.45) is 2.55. The molecule has 1 unspecified atom stereocenters. The van der Waals surface area contributed by atoms with Crippen molar-refractivity contribution < 1.29 is 4.74 Å². The number of nitrogens with two attached hydrogens (primary N) is 1. The van der Waals surface area contributed by atoms with Crippen molar-refractivity contribution in [2.45, 2.75) is 19.4 Å². The Hall–Kier alpha value is -1.62. The molecule has 0 radical (unpaired) electrons. The lowest BCUT2D eigenvalue weighted by atomic mass is 10.2. The Labute approximate surface area is 87.9 Å². The van der Waals surface area contributed by atoms with E-state index in [9.17, 15) is 0 Å². The molecule has 1 atom stereocenters. The molecule has 2 heterocycles. The Bertz CT molecular complexity index is 463. The summed E-state index contributed by atoms with van der Waals surface area (Å²) in [6.45, 7) is 1.96. The number of hydrogen-bond donors (Lipinski definition) is 1. The molecule has 0 aliphatic rings. The van der Waals surface area contributed by atoms with Gasteiger partial charge in [-0.25, -0.2) is 9.50 Å². The van der Waals surface area contributed by atoms with Gasteiger partial charge in [-0.05, 0) is 13.0 Å². The lowest BCUT2D eigenvalue weighted by Crippen LogP contribution is -2.19. The van der Waals surface area contributed by atoms with Crippen LogP contribution in [0.3, 0.4) is 0 Å². The smallest absolute Gasteiger partial charge is 0.231 e. The molecule has 80 valence electrons. The van der Waals surface area contributed by atoms with Crippen LogP contribution in [0, 0.1) is 0 Å². The van der Waals surface area contributed by atoms with Gasteiger partial charge in [0.25, 0.3) is 0 Å². The normalized spacial score (nSPS) is 13.0. The lowest BCUT2D eigenvalue weighted by Gasteiger charge is -2.04. The van der Waals surface area contributed by atoms with E-state index in [1.54, 1.807) is 23.9 Å². The summed E-state index contributed by atoms with van der Waals surface area (Å²) in [6, 6.07) is 3.76. The van der Waals surface area contributed by atoms with E-state index in [2.05, 4.69) is 10.1 Å². The van der Waals surface area contributed by atoms with Gasteiger partial charge in [0.15, 0.2) is 5.65 Å². The number of methoxy groups -OCH3 is 1. The van der Waals surface area contributed by atoms with Crippen LogP contribution in [-0.2, 0) is 6.42 Å². The van der Waals surface area contributed by atoms with Crippen LogP contribution in [0.5, 0.6) is 5.88 Å². The molecule has 0 aliphatic heterocycles. The largest absolute Gasteiger partial charge is 0.480 e. The van der Waals surface area contributed by atoms with E-state index in [1.807, 2.05) is 13.0 Å². The Morgan fingerprint density at radius 1 is 1.53 bits per heavy atom. The van der Waals surface area contributed by atoms with Gasteiger partial charge in [-0.1, -0.05) is 0 Å². The third-order valence-corrected chi connectivity index (χ3v) is 2.15. The van der Waals surface area contributed by atoms with Crippen LogP contribution in [0.2, 0.25) is 0 Å². The third-order valence-electron chi connectivity index (χ3n) is 2.15. The number of aromatic nitrogens is 3. The van der Waals surface area contributed by atoms with Crippen LogP contribution in [0.25, 0.3) is 5.65 Å². The van der Waals surface area contributed by atoms with E-state index in [4.69, 9.17) is 10.5 Å². The maximum absolute atomic E-state index is 5.75. The first-order valence-electron chi connectivity index (χ1n) is 4.84. The summed E-state index contributed by atoms with van der Waals surface area (Å²) < 4.78 is 6.83. The van der Waals surface area contributed by atoms with Gasteiger partial charge in [0.2, 0.25) is 5.88 Å². The second kappa shape index (κ2) is 3.86. The van der Waals surface area contributed by atoms with E-state index in [0.29, 0.717) is 5.88 Å². The molecule has 2 rings (SSSR count). The van der Waals surface area contributed by atoms with Crippen LogP contribution >= 0.6 is 0 Å². The molecular formula is C10H14N4O. The van der Waals surface area contributed by atoms with Crippen LogP contribution in [0.15, 0.2) is 18.3 Å². The Balaban J connectivity index is 2.46. The maximum atomic E-state index is 5.75. The Kier molecular flexibility index (Phi) is 2.55. The first-order chi connectivity index (χ1) is 7.20. The van der Waals surface area contributed by atoms with Crippen molar-refractivity contribution in [2.75, 3.05) is 7.11 Å². The van der Waals surface area contributed by atoms with Crippen molar-refractivity contribution in [2.24, 2.45) is 5.73 Å². The molecule has 2 aromatic heterocycles. The van der Waals surface area contributed by atoms with Gasteiger partial charge in [0.1, 0.15) is 0 Å². The highest BCUT2D eigenvalue weighted by Gasteiger charge is 2.07. The van der Waals surface area contributed by atoms with E-state index < -0.39 is 0 Å². The topological polar surface area (TPSA) is 65.4 Å². The molecule has 2 N–H and O–H groups in total. The highest BCUT2D eigenvalue weighted by atomic mass is 16.5. The zero-order valence-corrected chi connectivity index (χ0v) is 8.84. The van der Waals surface area contributed by atoms with Gasteiger partial charge in [-0.2, -0.15) is 0 Å². The number of ether oxygens (including phenoxy) is 1. The fraction of sp³-hybridized carbons (Fsp3) is 0.400. The summed E-state index contributed by atoms with van der Waals surface area (Å²) in [5.74, 6) is 0.575. The molecular weight excluding hydrogens is 192 g/mol. The second-order valence-corrected chi connectivity index (χ2v) is 3.58. The monoisotopic (exact) mass is 206 g/mol. The Morgan fingerprint density at radius 2 is 2.33 bits per heavy atom. The van der Waals surface area contributed by atoms with E-state index in [-0.39, 0.29) is 6.04 Å². The first-order valence-corrected chi connectivity index (χ1v) is 4.84. The van der Waals surface area contributed by atoms with Gasteiger partial charge < -0.3 is 10.5 Å². The minimum Gasteiger partial charge on any atom is -0.480 e. The van der Waals surface area contributed by atoms with Crippen LogP contribution in [0.4, 0.5) is 0 Å². The van der Waals surface area contributed by atoms with Crippen molar-refractivity contribution in [1.82, 2.24) is 14.6 Å². The number of rotatable bonds is 3. The minimum absolute atomic E-state index is 0.0953. The van der Waals surface area contributed by atoms with Crippen molar-refractivity contribution in [1.29, 1.82) is 0 Å². The molecule has 5 heteroatoms. The van der Waals surface area contributed by atoms with Crippen molar-refractivity contribution in [3.63, 3.8) is 0 Å². The summed E-state index contributed by atoms with van der Waals surface area (Å²) in [7, 11) is 1.59. The minimum atomic E-state index is 0.0953. The summed E-state index contributed by atoms with van der Waals surface area (Å²) in [5.41, 5.74) is 7.56. The molecule has 0 aromatic carbocycles. The second-order valence-electron chi connectivity index (χ2n) is 3.58. The molecule has 0 bridgehead atoms. The highest BCUT2D eigenvalue weighted by Crippen LogP contribution is 2.11. The molecule has 15 heavy (non-hydrogen) atoms. The summed E-state index contributed by atoms with van der Waals surface area (Å²) in [4.78, 5) is 4.24. The number of fused-ring (bicyclic) bond motifs is 1. The van der Waals surface area contributed by atoms with E-state index >= 15 is 0 Å². The molecule has 0 aliphatic carbocycles. The Morgan fingerprint density at radius 3 is 3.00 bits per heavy atom. The maximum Gasteiger partial charge on any atom is 0.231 e. The van der Waals surface area contributed by atoms with Gasteiger partial charge >= 0.3 is 0 Å². The average molecular weight is 206 g/mol. The van der Waals surface area contributed by atoms with E-state index in [1.165, 1.54) is 0 Å². The van der Waals surface area contributed by atoms with Crippen molar-refractivity contribution >= 4 is 5.65 Å². The molecule has 5 nitrogen and oxygen atoms in total. The zero-order valence-electron chi connectivity index (χ0n) is 8.84. The molecule has 2 aromatic rings. The number of imidazole rings is 1. The molecule has 0 amide bonds. The standard InChI is InChI=1S/C10H14N4O/c1-7(11)5-8-6-12-9-3-4-10(15-2)13-14(8)9/h3-4,6-7H,5,11H2,1-2H3. The summed E-state index contributed by atoms with van der Waals surface area (Å²) >= 11 is 0. The molecule has 0 fully saturated rings. The lowest BCUT2D eigenvalue weighted by molar-refractivity contribution is 0.389. The van der Waals surface area contributed by atoms with E-state index in [0.717, 1.165) is 17.8 Å².